The lowest BCUT2D eigenvalue weighted by molar-refractivity contribution is 0.386. The van der Waals surface area contributed by atoms with Gasteiger partial charge in [-0.25, -0.2) is 13.1 Å². The van der Waals surface area contributed by atoms with E-state index in [1.54, 1.807) is 12.1 Å². The number of anilines is 1. The monoisotopic (exact) mass is 390 g/mol. The fourth-order valence-corrected chi connectivity index (χ4v) is 4.43. The average Bonchev–Trinajstić information content (AvgIpc) is 3.22. The number of methoxy groups -OCH3 is 2. The molecule has 7 heteroatoms. The highest BCUT2D eigenvalue weighted by Crippen LogP contribution is 2.28. The van der Waals surface area contributed by atoms with E-state index in [1.807, 2.05) is 0 Å². The zero-order valence-electron chi connectivity index (χ0n) is 15.8. The van der Waals surface area contributed by atoms with E-state index < -0.39 is 10.0 Å². The largest absolute Gasteiger partial charge is 0.497 e. The minimum atomic E-state index is -3.66. The third-order valence-corrected chi connectivity index (χ3v) is 6.27. The standard InChI is InChI=1S/C20H26N2O4S/c1-25-18-9-10-20(19(15-18)26-2)27(23,24)21-12-11-16-5-7-17(8-6-16)22-13-3-4-14-22/h5-10,15,21H,3-4,11-14H2,1-2H3. The number of nitrogens with one attached hydrogen (secondary N) is 1. The number of hydrogen-bond donors (Lipinski definition) is 1. The van der Waals surface area contributed by atoms with Gasteiger partial charge in [0, 0.05) is 31.4 Å². The summed E-state index contributed by atoms with van der Waals surface area (Å²) in [7, 11) is -0.694. The van der Waals surface area contributed by atoms with Gasteiger partial charge >= 0.3 is 0 Å². The Morgan fingerprint density at radius 2 is 1.70 bits per heavy atom. The van der Waals surface area contributed by atoms with Gasteiger partial charge in [0.1, 0.15) is 16.4 Å². The molecule has 0 amide bonds. The van der Waals surface area contributed by atoms with Gasteiger partial charge < -0.3 is 14.4 Å². The van der Waals surface area contributed by atoms with Crippen molar-refractivity contribution in [2.24, 2.45) is 0 Å². The third kappa shape index (κ3) is 4.73. The molecule has 3 rings (SSSR count). The summed E-state index contributed by atoms with van der Waals surface area (Å²) >= 11 is 0. The summed E-state index contributed by atoms with van der Waals surface area (Å²) in [6.45, 7) is 2.55. The predicted molar refractivity (Wildman–Crippen MR) is 106 cm³/mol. The predicted octanol–water partition coefficient (Wildman–Crippen LogP) is 2.83. The highest BCUT2D eigenvalue weighted by atomic mass is 32.2. The molecule has 1 aliphatic rings. The number of rotatable bonds is 8. The van der Waals surface area contributed by atoms with E-state index in [0.717, 1.165) is 18.7 Å². The topological polar surface area (TPSA) is 67.9 Å². The lowest BCUT2D eigenvalue weighted by Gasteiger charge is -2.17. The molecule has 0 aromatic heterocycles. The Kier molecular flexibility index (Phi) is 6.23. The van der Waals surface area contributed by atoms with Crippen molar-refractivity contribution in [2.45, 2.75) is 24.2 Å². The van der Waals surface area contributed by atoms with E-state index in [9.17, 15) is 8.42 Å². The highest BCUT2D eigenvalue weighted by molar-refractivity contribution is 7.89. The van der Waals surface area contributed by atoms with Crippen LogP contribution in [-0.4, -0.2) is 42.3 Å². The Morgan fingerprint density at radius 3 is 2.33 bits per heavy atom. The fraction of sp³-hybridized carbons (Fsp3) is 0.400. The molecule has 0 radical (unpaired) electrons. The summed E-state index contributed by atoms with van der Waals surface area (Å²) in [5, 5.41) is 0. The van der Waals surface area contributed by atoms with E-state index >= 15 is 0 Å². The second kappa shape index (κ2) is 8.63. The highest BCUT2D eigenvalue weighted by Gasteiger charge is 2.19. The number of benzene rings is 2. The van der Waals surface area contributed by atoms with Crippen LogP contribution in [0.1, 0.15) is 18.4 Å². The first kappa shape index (κ1) is 19.5. The summed E-state index contributed by atoms with van der Waals surface area (Å²) in [5.41, 5.74) is 2.34. The molecule has 0 aliphatic carbocycles. The van der Waals surface area contributed by atoms with Crippen LogP contribution in [0.25, 0.3) is 0 Å². The van der Waals surface area contributed by atoms with Crippen molar-refractivity contribution in [3.63, 3.8) is 0 Å². The third-order valence-electron chi connectivity index (χ3n) is 4.77. The van der Waals surface area contributed by atoms with Crippen LogP contribution in [0.2, 0.25) is 0 Å². The molecule has 0 bridgehead atoms. The van der Waals surface area contributed by atoms with Gasteiger partial charge in [0.05, 0.1) is 14.2 Å². The Balaban J connectivity index is 1.60. The van der Waals surface area contributed by atoms with Gasteiger partial charge in [-0.15, -0.1) is 0 Å². The van der Waals surface area contributed by atoms with Gasteiger partial charge in [-0.05, 0) is 49.1 Å². The van der Waals surface area contributed by atoms with E-state index in [1.165, 1.54) is 38.8 Å². The lowest BCUT2D eigenvalue weighted by Crippen LogP contribution is -2.26. The zero-order valence-corrected chi connectivity index (χ0v) is 16.6. The Hall–Kier alpha value is -2.25. The fourth-order valence-electron chi connectivity index (χ4n) is 3.25. The molecule has 0 unspecified atom stereocenters. The van der Waals surface area contributed by atoms with Crippen molar-refractivity contribution in [1.82, 2.24) is 4.72 Å². The summed E-state index contributed by atoms with van der Waals surface area (Å²) in [6, 6.07) is 13.0. The quantitative estimate of drug-likeness (QED) is 0.751. The smallest absolute Gasteiger partial charge is 0.244 e. The van der Waals surface area contributed by atoms with Crippen molar-refractivity contribution in [2.75, 3.05) is 38.8 Å². The molecule has 2 aromatic rings. The number of sulfonamides is 1. The Bertz CT molecular complexity index is 860. The molecule has 1 N–H and O–H groups in total. The minimum Gasteiger partial charge on any atom is -0.497 e. The van der Waals surface area contributed by atoms with Crippen LogP contribution >= 0.6 is 0 Å². The van der Waals surface area contributed by atoms with E-state index in [4.69, 9.17) is 9.47 Å². The second-order valence-electron chi connectivity index (χ2n) is 6.53. The van der Waals surface area contributed by atoms with Gasteiger partial charge in [-0.1, -0.05) is 12.1 Å². The van der Waals surface area contributed by atoms with Crippen LogP contribution in [0.4, 0.5) is 5.69 Å². The van der Waals surface area contributed by atoms with Gasteiger partial charge in [0.2, 0.25) is 10.0 Å². The maximum atomic E-state index is 12.6. The summed E-state index contributed by atoms with van der Waals surface area (Å²) in [4.78, 5) is 2.48. The molecule has 1 heterocycles. The van der Waals surface area contributed by atoms with Crippen molar-refractivity contribution < 1.29 is 17.9 Å². The van der Waals surface area contributed by atoms with Crippen LogP contribution in [0.5, 0.6) is 11.5 Å². The van der Waals surface area contributed by atoms with Crippen LogP contribution in [0.3, 0.4) is 0 Å². The lowest BCUT2D eigenvalue weighted by atomic mass is 10.1. The van der Waals surface area contributed by atoms with Gasteiger partial charge in [-0.2, -0.15) is 0 Å². The molecule has 0 saturated carbocycles. The molecule has 1 fully saturated rings. The molecular weight excluding hydrogens is 364 g/mol. The van der Waals surface area contributed by atoms with E-state index in [-0.39, 0.29) is 10.6 Å². The van der Waals surface area contributed by atoms with E-state index in [2.05, 4.69) is 33.9 Å². The number of ether oxygens (including phenoxy) is 2. The van der Waals surface area contributed by atoms with Gasteiger partial charge in [0.15, 0.2) is 0 Å². The molecule has 6 nitrogen and oxygen atoms in total. The van der Waals surface area contributed by atoms with Crippen molar-refractivity contribution in [3.8, 4) is 11.5 Å². The molecule has 0 spiro atoms. The second-order valence-corrected chi connectivity index (χ2v) is 8.26. The van der Waals surface area contributed by atoms with Gasteiger partial charge in [-0.3, -0.25) is 0 Å². The van der Waals surface area contributed by atoms with E-state index in [0.29, 0.717) is 18.7 Å². The van der Waals surface area contributed by atoms with Crippen LogP contribution in [0, 0.1) is 0 Å². The van der Waals surface area contributed by atoms with Crippen LogP contribution < -0.4 is 19.1 Å². The summed E-state index contributed by atoms with van der Waals surface area (Å²) in [6.07, 6.45) is 3.12. The van der Waals surface area contributed by atoms with Gasteiger partial charge in [0.25, 0.3) is 0 Å². The normalized spacial score (nSPS) is 14.4. The SMILES string of the molecule is COc1ccc(S(=O)(=O)NCCc2ccc(N3CCCC3)cc2)c(OC)c1. The number of nitrogens with zero attached hydrogens (tertiary/aromatic N) is 1. The van der Waals surface area contributed by atoms with Crippen molar-refractivity contribution in [3.05, 3.63) is 48.0 Å². The maximum absolute atomic E-state index is 12.6. The molecular formula is C20H26N2O4S. The summed E-state index contributed by atoms with van der Waals surface area (Å²) < 4.78 is 38.1. The molecule has 2 aromatic carbocycles. The molecule has 27 heavy (non-hydrogen) atoms. The average molecular weight is 391 g/mol. The Labute approximate surface area is 161 Å². The molecule has 146 valence electrons. The first-order chi connectivity index (χ1) is 13.0. The van der Waals surface area contributed by atoms with Crippen LogP contribution in [-0.2, 0) is 16.4 Å². The molecule has 1 saturated heterocycles. The number of hydrogen-bond acceptors (Lipinski definition) is 5. The molecule has 1 aliphatic heterocycles. The minimum absolute atomic E-state index is 0.107. The van der Waals surface area contributed by atoms with Crippen molar-refractivity contribution >= 4 is 15.7 Å². The van der Waals surface area contributed by atoms with Crippen molar-refractivity contribution in [1.29, 1.82) is 0 Å². The Morgan fingerprint density at radius 1 is 1.00 bits per heavy atom. The zero-order chi connectivity index (χ0) is 19.3. The first-order valence-electron chi connectivity index (χ1n) is 9.09. The van der Waals surface area contributed by atoms with Crippen LogP contribution in [0.15, 0.2) is 47.4 Å². The maximum Gasteiger partial charge on any atom is 0.244 e. The summed E-state index contributed by atoms with van der Waals surface area (Å²) in [5.74, 6) is 0.806. The molecule has 0 atom stereocenters. The first-order valence-corrected chi connectivity index (χ1v) is 10.6.